The fourth-order valence-electron chi connectivity index (χ4n) is 2.66. The SMILES string of the molecule is Cc1ccc(-c2c(C#N)c(C(F)F)nn2C2=CCC(=S(=O)=O)C=C2)cc1. The topological polar surface area (TPSA) is 75.8 Å². The first-order valence-corrected chi connectivity index (χ1v) is 8.71. The van der Waals surface area contributed by atoms with Crippen molar-refractivity contribution in [2.75, 3.05) is 0 Å². The molecule has 0 amide bonds. The fraction of sp³-hybridized carbons (Fsp3) is 0.167. The summed E-state index contributed by atoms with van der Waals surface area (Å²) in [6.07, 6.45) is 1.68. The van der Waals surface area contributed by atoms with Gasteiger partial charge in [-0.25, -0.2) is 13.5 Å². The van der Waals surface area contributed by atoms with Crippen molar-refractivity contribution in [2.45, 2.75) is 19.8 Å². The molecule has 1 aliphatic rings. The van der Waals surface area contributed by atoms with Crippen molar-refractivity contribution >= 4 is 20.9 Å². The molecule has 0 radical (unpaired) electrons. The van der Waals surface area contributed by atoms with Crippen LogP contribution in [0.25, 0.3) is 17.0 Å². The molecular weight excluding hydrogens is 360 g/mol. The average Bonchev–Trinajstić information content (AvgIpc) is 3.02. The number of alkyl halides is 2. The molecule has 8 heteroatoms. The van der Waals surface area contributed by atoms with E-state index in [1.165, 1.54) is 16.8 Å². The molecule has 0 saturated heterocycles. The van der Waals surface area contributed by atoms with Crippen LogP contribution in [0, 0.1) is 18.3 Å². The smallest absolute Gasteiger partial charge is 0.232 e. The molecule has 1 aromatic heterocycles. The van der Waals surface area contributed by atoms with E-state index in [0.717, 1.165) is 5.56 Å². The van der Waals surface area contributed by atoms with Gasteiger partial charge in [0.05, 0.1) is 16.3 Å². The van der Waals surface area contributed by atoms with Crippen LogP contribution in [0.5, 0.6) is 0 Å². The highest BCUT2D eigenvalue weighted by Crippen LogP contribution is 2.33. The Morgan fingerprint density at radius 1 is 1.23 bits per heavy atom. The van der Waals surface area contributed by atoms with Gasteiger partial charge in [0, 0.05) is 12.0 Å². The maximum atomic E-state index is 13.4. The summed E-state index contributed by atoms with van der Waals surface area (Å²) in [5.74, 6) is 0. The maximum Gasteiger partial charge on any atom is 0.283 e. The van der Waals surface area contributed by atoms with E-state index < -0.39 is 22.4 Å². The Bertz CT molecular complexity index is 1090. The Balaban J connectivity index is 2.23. The number of aryl methyl sites for hydroxylation is 1. The normalized spacial score (nSPS) is 13.7. The largest absolute Gasteiger partial charge is 0.283 e. The Kier molecular flexibility index (Phi) is 4.82. The second-order valence-electron chi connectivity index (χ2n) is 5.67. The number of hydrogen-bond donors (Lipinski definition) is 0. The molecule has 0 bridgehead atoms. The first kappa shape index (κ1) is 17.8. The van der Waals surface area contributed by atoms with Crippen LogP contribution in [0.4, 0.5) is 8.78 Å². The van der Waals surface area contributed by atoms with Gasteiger partial charge in [-0.3, -0.25) is 0 Å². The average molecular weight is 373 g/mol. The van der Waals surface area contributed by atoms with E-state index in [1.807, 2.05) is 25.1 Å². The van der Waals surface area contributed by atoms with Crippen LogP contribution in [0.15, 0.2) is 42.5 Å². The van der Waals surface area contributed by atoms with Gasteiger partial charge in [-0.1, -0.05) is 35.9 Å². The number of nitrogens with zero attached hydrogens (tertiary/aromatic N) is 3. The summed E-state index contributed by atoms with van der Waals surface area (Å²) in [5.41, 5.74) is 1.45. The molecule has 1 aromatic carbocycles. The lowest BCUT2D eigenvalue weighted by molar-refractivity contribution is 0.145. The Labute approximate surface area is 150 Å². The molecule has 2 aromatic rings. The van der Waals surface area contributed by atoms with Crippen LogP contribution in [-0.2, 0) is 10.3 Å². The van der Waals surface area contributed by atoms with Crippen molar-refractivity contribution in [1.29, 1.82) is 5.26 Å². The summed E-state index contributed by atoms with van der Waals surface area (Å²) in [6.45, 7) is 1.89. The zero-order valence-corrected chi connectivity index (χ0v) is 14.5. The molecule has 5 nitrogen and oxygen atoms in total. The van der Waals surface area contributed by atoms with Crippen LogP contribution >= 0.6 is 0 Å². The lowest BCUT2D eigenvalue weighted by atomic mass is 10.0. The van der Waals surface area contributed by atoms with Crippen molar-refractivity contribution < 1.29 is 17.2 Å². The molecule has 132 valence electrons. The van der Waals surface area contributed by atoms with Gasteiger partial charge in [0.25, 0.3) is 6.43 Å². The Hall–Kier alpha value is -3.05. The maximum absolute atomic E-state index is 13.4. The lowest BCUT2D eigenvalue weighted by Crippen LogP contribution is -2.06. The molecule has 0 unspecified atom stereocenters. The minimum atomic E-state index is -2.90. The Morgan fingerprint density at radius 3 is 2.42 bits per heavy atom. The second kappa shape index (κ2) is 7.06. The molecule has 3 rings (SSSR count). The van der Waals surface area contributed by atoms with E-state index in [2.05, 4.69) is 5.10 Å². The number of rotatable bonds is 3. The van der Waals surface area contributed by atoms with Crippen LogP contribution < -0.4 is 0 Å². The first-order chi connectivity index (χ1) is 12.4. The van der Waals surface area contributed by atoms with Gasteiger partial charge in [0.2, 0.25) is 10.3 Å². The van der Waals surface area contributed by atoms with Crippen LogP contribution in [-0.4, -0.2) is 23.1 Å². The summed E-state index contributed by atoms with van der Waals surface area (Å²) in [5, 5.41) is 13.4. The monoisotopic (exact) mass is 373 g/mol. The summed E-state index contributed by atoms with van der Waals surface area (Å²) < 4.78 is 50.1. The van der Waals surface area contributed by atoms with Gasteiger partial charge in [0.15, 0.2) is 0 Å². The molecule has 0 N–H and O–H groups in total. The fourth-order valence-corrected chi connectivity index (χ4v) is 3.06. The number of allylic oxidation sites excluding steroid dienone is 4. The van der Waals surface area contributed by atoms with Crippen molar-refractivity contribution in [3.63, 3.8) is 0 Å². The van der Waals surface area contributed by atoms with E-state index >= 15 is 0 Å². The van der Waals surface area contributed by atoms with Crippen LogP contribution in [0.3, 0.4) is 0 Å². The number of halogens is 2. The highest BCUT2D eigenvalue weighted by Gasteiger charge is 2.26. The standard InChI is InChI=1S/C18H13F2N3O2S/c1-11-2-4-12(5-3-11)17-15(10-21)16(18(19)20)22-23(17)13-6-8-14(9-7-13)26(24)25/h2-8,18H,9H2,1H3. The first-order valence-electron chi connectivity index (χ1n) is 7.64. The third-order valence-corrected chi connectivity index (χ3v) is 4.70. The van der Waals surface area contributed by atoms with Crippen molar-refractivity contribution in [1.82, 2.24) is 9.78 Å². The van der Waals surface area contributed by atoms with Gasteiger partial charge in [-0.2, -0.15) is 18.8 Å². The highest BCUT2D eigenvalue weighted by atomic mass is 32.2. The number of nitriles is 1. The molecule has 0 aliphatic heterocycles. The summed E-state index contributed by atoms with van der Waals surface area (Å²) in [6, 6.07) is 8.92. The summed E-state index contributed by atoms with van der Waals surface area (Å²) >= 11 is 0. The third-order valence-electron chi connectivity index (χ3n) is 3.97. The molecular formula is C18H13F2N3O2S. The molecule has 0 fully saturated rings. The molecule has 26 heavy (non-hydrogen) atoms. The summed E-state index contributed by atoms with van der Waals surface area (Å²) in [7, 11) is -2.34. The zero-order chi connectivity index (χ0) is 18.8. The number of benzene rings is 1. The van der Waals surface area contributed by atoms with E-state index in [9.17, 15) is 22.5 Å². The van der Waals surface area contributed by atoms with Gasteiger partial charge in [0.1, 0.15) is 17.3 Å². The molecule has 0 atom stereocenters. The number of hydrogen-bond acceptors (Lipinski definition) is 4. The molecule has 0 saturated carbocycles. The number of aromatic nitrogens is 2. The van der Waals surface area contributed by atoms with Gasteiger partial charge < -0.3 is 0 Å². The molecule has 0 spiro atoms. The second-order valence-corrected chi connectivity index (χ2v) is 6.66. The minimum absolute atomic E-state index is 0.126. The highest BCUT2D eigenvalue weighted by molar-refractivity contribution is 7.73. The quantitative estimate of drug-likeness (QED) is 0.772. The zero-order valence-electron chi connectivity index (χ0n) is 13.6. The molecule has 1 aliphatic carbocycles. The van der Waals surface area contributed by atoms with Crippen LogP contribution in [0.2, 0.25) is 0 Å². The van der Waals surface area contributed by atoms with Crippen molar-refractivity contribution in [2.24, 2.45) is 0 Å². The van der Waals surface area contributed by atoms with E-state index in [0.29, 0.717) is 11.3 Å². The Morgan fingerprint density at radius 2 is 1.92 bits per heavy atom. The van der Waals surface area contributed by atoms with E-state index in [4.69, 9.17) is 0 Å². The van der Waals surface area contributed by atoms with Crippen molar-refractivity contribution in [3.05, 3.63) is 59.3 Å². The third kappa shape index (κ3) is 3.21. The van der Waals surface area contributed by atoms with E-state index in [-0.39, 0.29) is 22.5 Å². The lowest BCUT2D eigenvalue weighted by Gasteiger charge is -2.12. The van der Waals surface area contributed by atoms with Gasteiger partial charge >= 0.3 is 0 Å². The van der Waals surface area contributed by atoms with Gasteiger partial charge in [-0.05, 0) is 19.1 Å². The minimum Gasteiger partial charge on any atom is -0.232 e. The van der Waals surface area contributed by atoms with Crippen molar-refractivity contribution in [3.8, 4) is 17.3 Å². The van der Waals surface area contributed by atoms with E-state index in [1.54, 1.807) is 18.2 Å². The summed E-state index contributed by atoms with van der Waals surface area (Å²) in [4.78, 5) is 0.187. The van der Waals surface area contributed by atoms with Gasteiger partial charge in [-0.15, -0.1) is 0 Å². The predicted octanol–water partition coefficient (Wildman–Crippen LogP) is 3.52. The molecule has 1 heterocycles. The predicted molar refractivity (Wildman–Crippen MR) is 94.0 cm³/mol. The van der Waals surface area contributed by atoms with Crippen LogP contribution in [0.1, 0.15) is 29.7 Å².